The number of anilines is 2. The number of sulfonamides is 1. The molecule has 2 fully saturated rings. The van der Waals surface area contributed by atoms with Crippen LogP contribution in [0.25, 0.3) is 0 Å². The maximum atomic E-state index is 12.5. The van der Waals surface area contributed by atoms with Crippen LogP contribution in [0.1, 0.15) is 32.1 Å². The first-order valence-corrected chi connectivity index (χ1v) is 12.4. The van der Waals surface area contributed by atoms with Crippen LogP contribution in [0, 0.1) is 11.8 Å². The molecular formula is C21H22ClN5O5S. The molecule has 0 unspecified atom stereocenters. The third kappa shape index (κ3) is 5.14. The maximum absolute atomic E-state index is 12.5. The highest BCUT2D eigenvalue weighted by Crippen LogP contribution is 2.38. The molecule has 1 aromatic heterocycles. The lowest BCUT2D eigenvalue weighted by Crippen LogP contribution is -2.34. The molecule has 2 atom stereocenters. The predicted octanol–water partition coefficient (Wildman–Crippen LogP) is 2.43. The summed E-state index contributed by atoms with van der Waals surface area (Å²) in [7, 11) is -3.91. The second-order valence-electron chi connectivity index (χ2n) is 7.99. The summed E-state index contributed by atoms with van der Waals surface area (Å²) in [4.78, 5) is 38.5. The summed E-state index contributed by atoms with van der Waals surface area (Å²) in [5.41, 5.74) is 0.387. The lowest BCUT2D eigenvalue weighted by Gasteiger charge is -2.19. The first kappa shape index (κ1) is 23.1. The Bertz CT molecular complexity index is 1150. The summed E-state index contributed by atoms with van der Waals surface area (Å²) in [6.45, 7) is 0.0367. The van der Waals surface area contributed by atoms with Crippen molar-refractivity contribution in [2.24, 2.45) is 11.8 Å². The number of amides is 3. The average Bonchev–Trinajstić information content (AvgIpc) is 3.04. The van der Waals surface area contributed by atoms with Crippen LogP contribution in [0.2, 0.25) is 5.15 Å². The Balaban J connectivity index is 1.32. The zero-order valence-electron chi connectivity index (χ0n) is 17.5. The van der Waals surface area contributed by atoms with Crippen LogP contribution in [0.5, 0.6) is 0 Å². The van der Waals surface area contributed by atoms with E-state index in [9.17, 15) is 22.8 Å². The van der Waals surface area contributed by atoms with E-state index in [0.717, 1.165) is 25.7 Å². The van der Waals surface area contributed by atoms with Gasteiger partial charge in [0.25, 0.3) is 10.0 Å². The van der Waals surface area contributed by atoms with E-state index in [2.05, 4.69) is 20.2 Å². The summed E-state index contributed by atoms with van der Waals surface area (Å²) in [5, 5.41) is 10.0. The number of carbonyl (C=O) groups excluding carboxylic acids is 3. The standard InChI is InChI=1S/C21H22ClN5O5S/c22-17-9-10-18(25-24-17)26-33(31,32)14-7-5-13(6-8-14)23-19(28)11-12-27-20(29)15-3-1-2-4-16(15)21(27)30/h5-10,15-16H,1-4,11-12H2,(H,23,28)(H,25,26)/t15-,16+. The fourth-order valence-corrected chi connectivity index (χ4v) is 5.27. The van der Waals surface area contributed by atoms with Gasteiger partial charge in [-0.15, -0.1) is 10.2 Å². The van der Waals surface area contributed by atoms with Crippen LogP contribution in [0.3, 0.4) is 0 Å². The number of imide groups is 1. The highest BCUT2D eigenvalue weighted by Gasteiger charge is 2.47. The van der Waals surface area contributed by atoms with Gasteiger partial charge in [-0.2, -0.15) is 0 Å². The van der Waals surface area contributed by atoms with Gasteiger partial charge in [0.15, 0.2) is 11.0 Å². The molecule has 33 heavy (non-hydrogen) atoms. The molecule has 4 rings (SSSR count). The van der Waals surface area contributed by atoms with E-state index in [1.807, 2.05) is 0 Å². The molecule has 2 aliphatic rings. The van der Waals surface area contributed by atoms with Gasteiger partial charge in [-0.25, -0.2) is 8.42 Å². The molecule has 0 radical (unpaired) electrons. The summed E-state index contributed by atoms with van der Waals surface area (Å²) in [6.07, 6.45) is 3.32. The Morgan fingerprint density at radius 3 is 2.21 bits per heavy atom. The Labute approximate surface area is 195 Å². The minimum atomic E-state index is -3.91. The summed E-state index contributed by atoms with van der Waals surface area (Å²) < 4.78 is 27.2. The SMILES string of the molecule is O=C(CCN1C(=O)[C@H]2CCCC[C@H]2C1=O)Nc1ccc(S(=O)(=O)Nc2ccc(Cl)nn2)cc1. The first-order chi connectivity index (χ1) is 15.7. The van der Waals surface area contributed by atoms with Gasteiger partial charge in [-0.05, 0) is 49.2 Å². The summed E-state index contributed by atoms with van der Waals surface area (Å²) in [6, 6.07) is 8.34. The van der Waals surface area contributed by atoms with Crippen molar-refractivity contribution in [2.45, 2.75) is 37.0 Å². The number of benzene rings is 1. The molecule has 12 heteroatoms. The molecule has 1 aliphatic carbocycles. The molecule has 1 saturated carbocycles. The number of likely N-dealkylation sites (tertiary alicyclic amines) is 1. The number of carbonyl (C=O) groups is 3. The van der Waals surface area contributed by atoms with Crippen molar-refractivity contribution in [2.75, 3.05) is 16.6 Å². The van der Waals surface area contributed by atoms with E-state index >= 15 is 0 Å². The Hall–Kier alpha value is -3.05. The fraction of sp³-hybridized carbons (Fsp3) is 0.381. The van der Waals surface area contributed by atoms with Crippen LogP contribution in [0.4, 0.5) is 11.5 Å². The van der Waals surface area contributed by atoms with Crippen LogP contribution >= 0.6 is 11.6 Å². The van der Waals surface area contributed by atoms with Gasteiger partial charge >= 0.3 is 0 Å². The van der Waals surface area contributed by atoms with E-state index in [1.165, 1.54) is 41.3 Å². The van der Waals surface area contributed by atoms with E-state index in [1.54, 1.807) is 0 Å². The van der Waals surface area contributed by atoms with Gasteiger partial charge in [-0.1, -0.05) is 24.4 Å². The van der Waals surface area contributed by atoms with Gasteiger partial charge in [0.1, 0.15) is 0 Å². The number of aromatic nitrogens is 2. The number of nitrogens with one attached hydrogen (secondary N) is 2. The highest BCUT2D eigenvalue weighted by atomic mass is 35.5. The summed E-state index contributed by atoms with van der Waals surface area (Å²) in [5.74, 6) is -1.19. The zero-order valence-corrected chi connectivity index (χ0v) is 19.1. The molecule has 10 nitrogen and oxygen atoms in total. The van der Waals surface area contributed by atoms with Crippen molar-refractivity contribution < 1.29 is 22.8 Å². The lowest BCUT2D eigenvalue weighted by molar-refractivity contribution is -0.140. The molecule has 2 heterocycles. The van der Waals surface area contributed by atoms with E-state index in [-0.39, 0.29) is 58.4 Å². The smallest absolute Gasteiger partial charge is 0.263 e. The number of rotatable bonds is 7. The van der Waals surface area contributed by atoms with Gasteiger partial charge in [0.2, 0.25) is 17.7 Å². The van der Waals surface area contributed by atoms with Crippen molar-refractivity contribution in [3.05, 3.63) is 41.6 Å². The molecule has 1 saturated heterocycles. The average molecular weight is 492 g/mol. The zero-order chi connectivity index (χ0) is 23.6. The number of hydrogen-bond donors (Lipinski definition) is 2. The van der Waals surface area contributed by atoms with Crippen LogP contribution < -0.4 is 10.0 Å². The third-order valence-electron chi connectivity index (χ3n) is 5.81. The minimum Gasteiger partial charge on any atom is -0.326 e. The van der Waals surface area contributed by atoms with Crippen molar-refractivity contribution in [3.8, 4) is 0 Å². The molecule has 1 aromatic carbocycles. The van der Waals surface area contributed by atoms with E-state index in [0.29, 0.717) is 5.69 Å². The van der Waals surface area contributed by atoms with Gasteiger partial charge in [-0.3, -0.25) is 24.0 Å². The molecule has 1 aliphatic heterocycles. The molecule has 0 spiro atoms. The Kier molecular flexibility index (Phi) is 6.61. The third-order valence-corrected chi connectivity index (χ3v) is 7.39. The first-order valence-electron chi connectivity index (χ1n) is 10.5. The minimum absolute atomic E-state index is 0.0163. The van der Waals surface area contributed by atoms with E-state index < -0.39 is 10.0 Å². The monoisotopic (exact) mass is 491 g/mol. The topological polar surface area (TPSA) is 138 Å². The van der Waals surface area contributed by atoms with E-state index in [4.69, 9.17) is 11.6 Å². The number of halogens is 1. The van der Waals surface area contributed by atoms with Gasteiger partial charge < -0.3 is 5.32 Å². The number of hydrogen-bond acceptors (Lipinski definition) is 7. The maximum Gasteiger partial charge on any atom is 0.263 e. The van der Waals surface area contributed by atoms with Crippen molar-refractivity contribution >= 4 is 50.9 Å². The fourth-order valence-electron chi connectivity index (χ4n) is 4.17. The highest BCUT2D eigenvalue weighted by molar-refractivity contribution is 7.92. The Morgan fingerprint density at radius 2 is 1.64 bits per heavy atom. The number of nitrogens with zero attached hydrogens (tertiary/aromatic N) is 3. The van der Waals surface area contributed by atoms with Crippen LogP contribution in [0.15, 0.2) is 41.3 Å². The quantitative estimate of drug-likeness (QED) is 0.567. The molecule has 2 N–H and O–H groups in total. The molecule has 3 amide bonds. The summed E-state index contributed by atoms with van der Waals surface area (Å²) >= 11 is 5.64. The second kappa shape index (κ2) is 9.44. The largest absolute Gasteiger partial charge is 0.326 e. The van der Waals surface area contributed by atoms with Crippen molar-refractivity contribution in [1.29, 1.82) is 0 Å². The Morgan fingerprint density at radius 1 is 1.00 bits per heavy atom. The molecule has 0 bridgehead atoms. The predicted molar refractivity (Wildman–Crippen MR) is 120 cm³/mol. The lowest BCUT2D eigenvalue weighted by atomic mass is 9.81. The van der Waals surface area contributed by atoms with Crippen LogP contribution in [-0.4, -0.2) is 47.8 Å². The van der Waals surface area contributed by atoms with Crippen LogP contribution in [-0.2, 0) is 24.4 Å². The molecular weight excluding hydrogens is 470 g/mol. The number of fused-ring (bicyclic) bond motifs is 1. The molecule has 174 valence electrons. The normalized spacial score (nSPS) is 20.5. The second-order valence-corrected chi connectivity index (χ2v) is 10.1. The van der Waals surface area contributed by atoms with Crippen molar-refractivity contribution in [3.63, 3.8) is 0 Å². The van der Waals surface area contributed by atoms with Crippen molar-refractivity contribution in [1.82, 2.24) is 15.1 Å². The molecule has 2 aromatic rings. The van der Waals surface area contributed by atoms with Gasteiger partial charge in [0.05, 0.1) is 16.7 Å². The van der Waals surface area contributed by atoms with Gasteiger partial charge in [0, 0.05) is 18.7 Å².